The Morgan fingerprint density at radius 2 is 0.952 bits per heavy atom. The van der Waals surface area contributed by atoms with Crippen molar-refractivity contribution in [3.63, 3.8) is 0 Å². The molecule has 128 valence electrons. The molecule has 0 amide bonds. The van der Waals surface area contributed by atoms with Crippen LogP contribution in [0.25, 0.3) is 0 Å². The summed E-state index contributed by atoms with van der Waals surface area (Å²) in [7, 11) is 1.22. The maximum absolute atomic E-state index is 6.30. The third kappa shape index (κ3) is 8.38. The molecule has 0 atom stereocenters. The quantitative estimate of drug-likeness (QED) is 0.139. The summed E-state index contributed by atoms with van der Waals surface area (Å²) >= 11 is 4.76. The molecule has 0 spiro atoms. The maximum Gasteiger partial charge on any atom is 0.493 e. The molecule has 0 fully saturated rings. The highest BCUT2D eigenvalue weighted by Gasteiger charge is 2.51. The standard InChI is InChI=1S/C12H28I2O5Si2/c1-15-20(16-2,11-7-5-9-13)19-21(17-3,18-4)12-8-6-10-14/h5-12H2,1-4H3. The van der Waals surface area contributed by atoms with Crippen molar-refractivity contribution in [2.24, 2.45) is 0 Å². The first-order valence-electron chi connectivity index (χ1n) is 7.10. The molecule has 0 rings (SSSR count). The largest absolute Gasteiger partial charge is 0.493 e. The zero-order valence-electron chi connectivity index (χ0n) is 13.5. The number of hydrogen-bond acceptors (Lipinski definition) is 5. The van der Waals surface area contributed by atoms with Crippen LogP contribution in [-0.2, 0) is 21.8 Å². The van der Waals surface area contributed by atoms with Gasteiger partial charge in [-0.05, 0) is 34.5 Å². The first kappa shape index (κ1) is 22.7. The monoisotopic (exact) mass is 562 g/mol. The molecule has 5 nitrogen and oxygen atoms in total. The predicted octanol–water partition coefficient (Wildman–Crippen LogP) is 3.90. The Morgan fingerprint density at radius 1 is 0.619 bits per heavy atom. The van der Waals surface area contributed by atoms with Gasteiger partial charge in [-0.15, -0.1) is 0 Å². The van der Waals surface area contributed by atoms with Gasteiger partial charge in [-0.2, -0.15) is 0 Å². The van der Waals surface area contributed by atoms with Crippen LogP contribution in [0, 0.1) is 0 Å². The summed E-state index contributed by atoms with van der Waals surface area (Å²) < 4.78 is 31.2. The highest BCUT2D eigenvalue weighted by molar-refractivity contribution is 14.1. The fourth-order valence-electron chi connectivity index (χ4n) is 1.95. The maximum atomic E-state index is 6.30. The third-order valence-electron chi connectivity index (χ3n) is 3.29. The van der Waals surface area contributed by atoms with E-state index in [1.807, 2.05) is 0 Å². The van der Waals surface area contributed by atoms with Gasteiger partial charge in [0.1, 0.15) is 0 Å². The molecule has 0 aromatic rings. The van der Waals surface area contributed by atoms with E-state index < -0.39 is 17.6 Å². The highest BCUT2D eigenvalue weighted by atomic mass is 127. The van der Waals surface area contributed by atoms with Gasteiger partial charge < -0.3 is 21.8 Å². The molecule has 0 unspecified atom stereocenters. The van der Waals surface area contributed by atoms with Gasteiger partial charge >= 0.3 is 17.6 Å². The average Bonchev–Trinajstić information content (AvgIpc) is 2.53. The minimum absolute atomic E-state index is 0.802. The van der Waals surface area contributed by atoms with E-state index >= 15 is 0 Å². The molecule has 0 aromatic carbocycles. The van der Waals surface area contributed by atoms with Gasteiger partial charge in [0, 0.05) is 40.5 Å². The molecule has 0 bridgehead atoms. The first-order chi connectivity index (χ1) is 10.1. The molecular weight excluding hydrogens is 534 g/mol. The molecule has 0 saturated carbocycles. The Morgan fingerprint density at radius 3 is 1.19 bits per heavy atom. The molecule has 0 saturated heterocycles. The van der Waals surface area contributed by atoms with E-state index in [2.05, 4.69) is 45.2 Å². The lowest BCUT2D eigenvalue weighted by atomic mass is 10.4. The Hall–Kier alpha value is 1.69. The van der Waals surface area contributed by atoms with Crippen LogP contribution >= 0.6 is 45.2 Å². The van der Waals surface area contributed by atoms with Crippen LogP contribution in [0.2, 0.25) is 12.1 Å². The van der Waals surface area contributed by atoms with Crippen LogP contribution in [-0.4, -0.2) is 54.9 Å². The molecule has 0 aliphatic rings. The van der Waals surface area contributed by atoms with Crippen LogP contribution in [0.15, 0.2) is 0 Å². The lowest BCUT2D eigenvalue weighted by Gasteiger charge is -2.35. The van der Waals surface area contributed by atoms with Crippen LogP contribution in [0.5, 0.6) is 0 Å². The summed E-state index contributed by atoms with van der Waals surface area (Å²) in [6.45, 7) is 0. The number of rotatable bonds is 14. The summed E-state index contributed by atoms with van der Waals surface area (Å²) in [6, 6.07) is 1.60. The number of alkyl halides is 2. The van der Waals surface area contributed by atoms with E-state index in [0.717, 1.165) is 46.6 Å². The second-order valence-electron chi connectivity index (χ2n) is 4.58. The molecule has 9 heteroatoms. The second-order valence-corrected chi connectivity index (χ2v) is 12.9. The summed E-state index contributed by atoms with van der Waals surface area (Å²) in [4.78, 5) is 0. The average molecular weight is 562 g/mol. The minimum Gasteiger partial charge on any atom is -0.377 e. The lowest BCUT2D eigenvalue weighted by Crippen LogP contribution is -2.57. The third-order valence-corrected chi connectivity index (χ3v) is 11.7. The fraction of sp³-hybridized carbons (Fsp3) is 1.00. The number of unbranched alkanes of at least 4 members (excludes halogenated alkanes) is 2. The number of hydrogen-bond donors (Lipinski definition) is 0. The van der Waals surface area contributed by atoms with Crippen LogP contribution < -0.4 is 0 Å². The van der Waals surface area contributed by atoms with Crippen molar-refractivity contribution in [2.75, 3.05) is 37.3 Å². The zero-order valence-corrected chi connectivity index (χ0v) is 19.8. The van der Waals surface area contributed by atoms with Gasteiger partial charge in [-0.3, -0.25) is 0 Å². The summed E-state index contributed by atoms with van der Waals surface area (Å²) in [6.07, 6.45) is 4.33. The zero-order chi connectivity index (χ0) is 16.2. The molecule has 0 aliphatic carbocycles. The van der Waals surface area contributed by atoms with Crippen molar-refractivity contribution in [2.45, 2.75) is 37.8 Å². The minimum atomic E-state index is -2.71. The topological polar surface area (TPSA) is 46.2 Å². The summed E-state index contributed by atoms with van der Waals surface area (Å²) in [5.74, 6) is 0. The lowest BCUT2D eigenvalue weighted by molar-refractivity contribution is 0.0859. The van der Waals surface area contributed by atoms with Gasteiger partial charge in [0.2, 0.25) is 0 Å². The van der Waals surface area contributed by atoms with Crippen molar-refractivity contribution in [1.82, 2.24) is 0 Å². The molecule has 21 heavy (non-hydrogen) atoms. The van der Waals surface area contributed by atoms with Gasteiger partial charge in [0.25, 0.3) is 0 Å². The molecule has 0 N–H and O–H groups in total. The predicted molar refractivity (Wildman–Crippen MR) is 106 cm³/mol. The van der Waals surface area contributed by atoms with E-state index in [-0.39, 0.29) is 0 Å². The first-order valence-corrected chi connectivity index (χ1v) is 14.0. The van der Waals surface area contributed by atoms with Gasteiger partial charge in [-0.1, -0.05) is 45.2 Å². The normalized spacial score (nSPS) is 12.9. The van der Waals surface area contributed by atoms with E-state index in [4.69, 9.17) is 21.8 Å². The van der Waals surface area contributed by atoms with E-state index in [1.54, 1.807) is 28.4 Å². The van der Waals surface area contributed by atoms with E-state index in [0.29, 0.717) is 0 Å². The van der Waals surface area contributed by atoms with Crippen molar-refractivity contribution < 1.29 is 21.8 Å². The van der Waals surface area contributed by atoms with Crippen LogP contribution in [0.4, 0.5) is 0 Å². The van der Waals surface area contributed by atoms with Crippen molar-refractivity contribution >= 4 is 62.8 Å². The SMILES string of the molecule is CO[Si](CCCCI)(OC)O[Si](CCCCI)(OC)OC. The molecular formula is C12H28I2O5Si2. The van der Waals surface area contributed by atoms with Crippen molar-refractivity contribution in [3.05, 3.63) is 0 Å². The van der Waals surface area contributed by atoms with E-state index in [1.165, 1.54) is 0 Å². The molecule has 0 aliphatic heterocycles. The van der Waals surface area contributed by atoms with Crippen molar-refractivity contribution in [3.8, 4) is 0 Å². The van der Waals surface area contributed by atoms with E-state index in [9.17, 15) is 0 Å². The molecule has 0 aromatic heterocycles. The van der Waals surface area contributed by atoms with Crippen molar-refractivity contribution in [1.29, 1.82) is 0 Å². The Labute approximate surface area is 158 Å². The van der Waals surface area contributed by atoms with Crippen LogP contribution in [0.1, 0.15) is 25.7 Å². The molecule has 0 radical (unpaired) electrons. The second kappa shape index (κ2) is 13.0. The van der Waals surface area contributed by atoms with Crippen LogP contribution in [0.3, 0.4) is 0 Å². The van der Waals surface area contributed by atoms with Gasteiger partial charge in [-0.25, -0.2) is 0 Å². The number of halogens is 2. The Balaban J connectivity index is 4.85. The van der Waals surface area contributed by atoms with Gasteiger partial charge in [0.15, 0.2) is 0 Å². The van der Waals surface area contributed by atoms with Gasteiger partial charge in [0.05, 0.1) is 0 Å². The highest BCUT2D eigenvalue weighted by Crippen LogP contribution is 2.27. The smallest absolute Gasteiger partial charge is 0.377 e. The fourth-order valence-corrected chi connectivity index (χ4v) is 9.59. The Kier molecular flexibility index (Phi) is 14.1. The Bertz CT molecular complexity index is 230. The molecule has 0 heterocycles. The summed E-state index contributed by atoms with van der Waals surface area (Å²) in [5, 5.41) is 0. The summed E-state index contributed by atoms with van der Waals surface area (Å²) in [5.41, 5.74) is 0.